The molecule has 2 aromatic carbocycles. The summed E-state index contributed by atoms with van der Waals surface area (Å²) in [5.74, 6) is -2.27. The second kappa shape index (κ2) is 9.35. The number of aromatic nitrogens is 1. The summed E-state index contributed by atoms with van der Waals surface area (Å²) >= 11 is 6.23. The van der Waals surface area contributed by atoms with E-state index in [4.69, 9.17) is 11.6 Å². The van der Waals surface area contributed by atoms with Crippen molar-refractivity contribution in [3.05, 3.63) is 69.4 Å². The van der Waals surface area contributed by atoms with Gasteiger partial charge in [-0.3, -0.25) is 14.4 Å². The number of carboxylic acids is 1. The monoisotopic (exact) mass is 470 g/mol. The fourth-order valence-corrected chi connectivity index (χ4v) is 4.77. The summed E-state index contributed by atoms with van der Waals surface area (Å²) in [5, 5.41) is 10.6. The number of halogens is 2. The highest BCUT2D eigenvalue weighted by atomic mass is 35.5. The first-order chi connectivity index (χ1) is 15.7. The Labute approximate surface area is 195 Å². The van der Waals surface area contributed by atoms with Gasteiger partial charge in [0.2, 0.25) is 5.91 Å². The minimum Gasteiger partial charge on any atom is -0.481 e. The fraction of sp³-hybridized carbons (Fsp3) is 0.320. The summed E-state index contributed by atoms with van der Waals surface area (Å²) in [6.45, 7) is 2.61. The van der Waals surface area contributed by atoms with Crippen LogP contribution in [-0.4, -0.2) is 40.0 Å². The van der Waals surface area contributed by atoms with Crippen molar-refractivity contribution in [3.8, 4) is 11.1 Å². The Morgan fingerprint density at radius 3 is 2.73 bits per heavy atom. The largest absolute Gasteiger partial charge is 0.481 e. The third-order valence-electron chi connectivity index (χ3n) is 6.23. The molecule has 2 heterocycles. The van der Waals surface area contributed by atoms with Crippen LogP contribution in [0.3, 0.4) is 0 Å². The number of benzene rings is 2. The third-order valence-corrected chi connectivity index (χ3v) is 6.55. The Hall–Kier alpha value is -3.19. The van der Waals surface area contributed by atoms with Gasteiger partial charge in [-0.25, -0.2) is 4.39 Å². The maximum Gasteiger partial charge on any atom is 0.308 e. The second-order valence-corrected chi connectivity index (χ2v) is 9.01. The standard InChI is InChI=1S/C25H24ClFN2O4/c1-14(24(31)29-8-2-3-16(13-29)25(32)33)9-15-4-6-18-20(10-15)23(30)28-12-21(18)19-7-5-17(27)11-22(19)26/h4-7,10-12,14,16H,2-3,8-9,13H2,1H3,(H,28,30)(H,32,33)/t14-,16+/m1/s1. The maximum absolute atomic E-state index is 13.5. The van der Waals surface area contributed by atoms with E-state index in [0.717, 1.165) is 5.56 Å². The van der Waals surface area contributed by atoms with Gasteiger partial charge >= 0.3 is 5.97 Å². The number of hydrogen-bond donors (Lipinski definition) is 2. The average molecular weight is 471 g/mol. The molecule has 0 bridgehead atoms. The number of carbonyl (C=O) groups excluding carboxylic acids is 1. The second-order valence-electron chi connectivity index (χ2n) is 8.60. The summed E-state index contributed by atoms with van der Waals surface area (Å²) < 4.78 is 13.5. The van der Waals surface area contributed by atoms with Crippen LogP contribution in [0.4, 0.5) is 4.39 Å². The topological polar surface area (TPSA) is 90.5 Å². The van der Waals surface area contributed by atoms with E-state index in [-0.39, 0.29) is 29.0 Å². The van der Waals surface area contributed by atoms with Crippen molar-refractivity contribution in [2.24, 2.45) is 11.8 Å². The van der Waals surface area contributed by atoms with E-state index in [0.29, 0.717) is 47.7 Å². The molecule has 4 rings (SSSR count). The van der Waals surface area contributed by atoms with Crippen LogP contribution in [0.25, 0.3) is 21.9 Å². The van der Waals surface area contributed by atoms with Gasteiger partial charge in [-0.15, -0.1) is 0 Å². The van der Waals surface area contributed by atoms with E-state index in [1.165, 1.54) is 12.1 Å². The predicted molar refractivity (Wildman–Crippen MR) is 125 cm³/mol. The van der Waals surface area contributed by atoms with Crippen molar-refractivity contribution in [1.82, 2.24) is 9.88 Å². The minimum atomic E-state index is -0.869. The lowest BCUT2D eigenvalue weighted by molar-refractivity contribution is -0.146. The lowest BCUT2D eigenvalue weighted by Gasteiger charge is -2.32. The number of carboxylic acid groups (broad SMARTS) is 1. The Morgan fingerprint density at radius 1 is 1.21 bits per heavy atom. The minimum absolute atomic E-state index is 0.0817. The van der Waals surface area contributed by atoms with Crippen LogP contribution in [0.2, 0.25) is 5.02 Å². The molecule has 2 atom stereocenters. The first-order valence-electron chi connectivity index (χ1n) is 10.9. The quantitative estimate of drug-likeness (QED) is 0.575. The van der Waals surface area contributed by atoms with Gasteiger partial charge in [-0.1, -0.05) is 30.7 Å². The smallest absolute Gasteiger partial charge is 0.308 e. The molecule has 33 heavy (non-hydrogen) atoms. The van der Waals surface area contributed by atoms with Gasteiger partial charge in [0.15, 0.2) is 0 Å². The predicted octanol–water partition coefficient (Wildman–Crippen LogP) is 4.49. The van der Waals surface area contributed by atoms with Gasteiger partial charge in [-0.05, 0) is 54.5 Å². The van der Waals surface area contributed by atoms with Gasteiger partial charge in [0, 0.05) is 41.7 Å². The highest BCUT2D eigenvalue weighted by Gasteiger charge is 2.30. The normalized spacial score (nSPS) is 17.2. The third kappa shape index (κ3) is 4.78. The van der Waals surface area contributed by atoms with Crippen LogP contribution < -0.4 is 5.56 Å². The molecule has 1 fully saturated rings. The SMILES string of the molecule is C[C@H](Cc1ccc2c(-c3ccc(F)cc3Cl)c[nH]c(=O)c2c1)C(=O)N1CCC[C@H](C(=O)O)C1. The zero-order valence-corrected chi connectivity index (χ0v) is 18.9. The summed E-state index contributed by atoms with van der Waals surface area (Å²) in [5.41, 5.74) is 1.84. The number of H-pyrrole nitrogens is 1. The molecular formula is C25H24ClFN2O4. The molecule has 0 aliphatic carbocycles. The molecule has 6 nitrogen and oxygen atoms in total. The molecular weight excluding hydrogens is 447 g/mol. The van der Waals surface area contributed by atoms with Crippen molar-refractivity contribution >= 4 is 34.2 Å². The first kappa shape index (κ1) is 23.0. The number of piperidine rings is 1. The van der Waals surface area contributed by atoms with Gasteiger partial charge in [-0.2, -0.15) is 0 Å². The molecule has 3 aromatic rings. The molecule has 0 spiro atoms. The first-order valence-corrected chi connectivity index (χ1v) is 11.2. The van der Waals surface area contributed by atoms with Crippen LogP contribution in [0.5, 0.6) is 0 Å². The number of nitrogens with one attached hydrogen (secondary N) is 1. The molecule has 0 radical (unpaired) electrons. The highest BCUT2D eigenvalue weighted by molar-refractivity contribution is 6.33. The van der Waals surface area contributed by atoms with Crippen LogP contribution in [0.15, 0.2) is 47.4 Å². The number of hydrogen-bond acceptors (Lipinski definition) is 3. The summed E-state index contributed by atoms with van der Waals surface area (Å²) in [6.07, 6.45) is 3.24. The molecule has 0 saturated carbocycles. The van der Waals surface area contributed by atoms with Crippen molar-refractivity contribution < 1.29 is 19.1 Å². The number of aromatic amines is 1. The molecule has 2 N–H and O–H groups in total. The van der Waals surface area contributed by atoms with E-state index < -0.39 is 17.7 Å². The molecule has 0 unspecified atom stereocenters. The van der Waals surface area contributed by atoms with Crippen molar-refractivity contribution in [1.29, 1.82) is 0 Å². The highest BCUT2D eigenvalue weighted by Crippen LogP contribution is 2.33. The van der Waals surface area contributed by atoms with Gasteiger partial charge in [0.05, 0.1) is 10.9 Å². The Bertz CT molecular complexity index is 1290. The number of pyridine rings is 1. The lowest BCUT2D eigenvalue weighted by atomic mass is 9.93. The molecule has 8 heteroatoms. The van der Waals surface area contributed by atoms with Crippen LogP contribution in [-0.2, 0) is 16.0 Å². The molecule has 1 amide bonds. The number of nitrogens with zero attached hydrogens (tertiary/aromatic N) is 1. The van der Waals surface area contributed by atoms with Crippen molar-refractivity contribution in [3.63, 3.8) is 0 Å². The molecule has 1 saturated heterocycles. The average Bonchev–Trinajstić information content (AvgIpc) is 2.79. The van der Waals surface area contributed by atoms with E-state index in [1.807, 2.05) is 19.1 Å². The molecule has 1 aromatic heterocycles. The number of fused-ring (bicyclic) bond motifs is 1. The number of rotatable bonds is 5. The van der Waals surface area contributed by atoms with Crippen LogP contribution in [0, 0.1) is 17.7 Å². The number of carbonyl (C=O) groups is 2. The van der Waals surface area contributed by atoms with Gasteiger partial charge in [0.1, 0.15) is 5.82 Å². The Kier molecular flexibility index (Phi) is 6.51. The summed E-state index contributed by atoms with van der Waals surface area (Å²) in [7, 11) is 0. The summed E-state index contributed by atoms with van der Waals surface area (Å²) in [6, 6.07) is 9.55. The molecule has 1 aliphatic rings. The van der Waals surface area contributed by atoms with Gasteiger partial charge < -0.3 is 15.0 Å². The van der Waals surface area contributed by atoms with Crippen molar-refractivity contribution in [2.75, 3.05) is 13.1 Å². The van der Waals surface area contributed by atoms with E-state index in [2.05, 4.69) is 4.98 Å². The number of aliphatic carboxylic acids is 1. The lowest BCUT2D eigenvalue weighted by Crippen LogP contribution is -2.44. The molecule has 172 valence electrons. The van der Waals surface area contributed by atoms with Crippen LogP contribution in [0.1, 0.15) is 25.3 Å². The van der Waals surface area contributed by atoms with E-state index >= 15 is 0 Å². The maximum atomic E-state index is 13.5. The number of likely N-dealkylation sites (tertiary alicyclic amines) is 1. The zero-order valence-electron chi connectivity index (χ0n) is 18.1. The Balaban J connectivity index is 1.59. The van der Waals surface area contributed by atoms with E-state index in [1.54, 1.807) is 23.2 Å². The van der Waals surface area contributed by atoms with Gasteiger partial charge in [0.25, 0.3) is 5.56 Å². The molecule has 1 aliphatic heterocycles. The van der Waals surface area contributed by atoms with Crippen LogP contribution >= 0.6 is 11.6 Å². The Morgan fingerprint density at radius 2 is 2.00 bits per heavy atom. The van der Waals surface area contributed by atoms with E-state index in [9.17, 15) is 23.9 Å². The van der Waals surface area contributed by atoms with Crippen molar-refractivity contribution in [2.45, 2.75) is 26.2 Å². The number of amides is 1. The summed E-state index contributed by atoms with van der Waals surface area (Å²) in [4.78, 5) is 41.1. The fourth-order valence-electron chi connectivity index (χ4n) is 4.50. The zero-order chi connectivity index (χ0) is 23.7.